The molecule has 3 heterocycles. The van der Waals surface area contributed by atoms with Crippen molar-refractivity contribution in [3.05, 3.63) is 40.6 Å². The molecule has 32 heavy (non-hydrogen) atoms. The number of carbonyl (C=O) groups excluding carboxylic acids is 2. The maximum atomic E-state index is 12.9. The van der Waals surface area contributed by atoms with Crippen LogP contribution in [0.3, 0.4) is 0 Å². The fourth-order valence-corrected chi connectivity index (χ4v) is 4.84. The minimum absolute atomic E-state index is 0.00309. The molecule has 2 aliphatic rings. The van der Waals surface area contributed by atoms with Crippen LogP contribution in [0.15, 0.2) is 35.7 Å². The molecule has 1 unspecified atom stereocenters. The molecule has 2 aromatic rings. The first-order valence-electron chi connectivity index (χ1n) is 10.8. The molecule has 0 saturated carbocycles. The molecule has 8 nitrogen and oxygen atoms in total. The molecule has 0 spiro atoms. The lowest BCUT2D eigenvalue weighted by molar-refractivity contribution is 0.0659. The molecule has 2 amide bonds. The van der Waals surface area contributed by atoms with Gasteiger partial charge < -0.3 is 28.7 Å². The van der Waals surface area contributed by atoms with Crippen LogP contribution in [0.2, 0.25) is 0 Å². The second-order valence-corrected chi connectivity index (χ2v) is 8.63. The van der Waals surface area contributed by atoms with Gasteiger partial charge in [-0.25, -0.2) is 4.79 Å². The van der Waals surface area contributed by atoms with Crippen molar-refractivity contribution in [2.75, 3.05) is 40.0 Å². The Balaban J connectivity index is 1.26. The SMILES string of the molecule is CCOc1ccsc1C(=O)N1CCC(N2CC(COc3ccc(OC)cc3)OC2=O)CC1. The zero-order chi connectivity index (χ0) is 22.5. The smallest absolute Gasteiger partial charge is 0.410 e. The summed E-state index contributed by atoms with van der Waals surface area (Å²) in [5.74, 6) is 2.10. The van der Waals surface area contributed by atoms with Crippen LogP contribution in [0, 0.1) is 0 Å². The van der Waals surface area contributed by atoms with Gasteiger partial charge in [-0.1, -0.05) is 0 Å². The van der Waals surface area contributed by atoms with Gasteiger partial charge in [-0.05, 0) is 55.5 Å². The number of hydrogen-bond donors (Lipinski definition) is 0. The normalized spacial score (nSPS) is 19.1. The molecule has 1 atom stereocenters. The van der Waals surface area contributed by atoms with E-state index in [0.717, 1.165) is 18.6 Å². The Morgan fingerprint density at radius 3 is 2.53 bits per heavy atom. The van der Waals surface area contributed by atoms with E-state index in [1.807, 2.05) is 47.5 Å². The van der Waals surface area contributed by atoms with E-state index in [2.05, 4.69) is 0 Å². The van der Waals surface area contributed by atoms with Gasteiger partial charge in [-0.2, -0.15) is 0 Å². The highest BCUT2D eigenvalue weighted by atomic mass is 32.1. The predicted octanol–water partition coefficient (Wildman–Crippen LogP) is 3.66. The number of benzene rings is 1. The fraction of sp³-hybridized carbons (Fsp3) is 0.478. The van der Waals surface area contributed by atoms with Gasteiger partial charge in [-0.15, -0.1) is 11.3 Å². The van der Waals surface area contributed by atoms with Crippen molar-refractivity contribution in [2.45, 2.75) is 31.9 Å². The highest BCUT2D eigenvalue weighted by Gasteiger charge is 2.38. The molecule has 0 aliphatic carbocycles. The van der Waals surface area contributed by atoms with E-state index >= 15 is 0 Å². The molecule has 2 fully saturated rings. The van der Waals surface area contributed by atoms with Gasteiger partial charge in [0.15, 0.2) is 6.10 Å². The summed E-state index contributed by atoms with van der Waals surface area (Å²) >= 11 is 1.40. The average molecular weight is 461 g/mol. The molecule has 1 aromatic carbocycles. The molecule has 2 saturated heterocycles. The zero-order valence-electron chi connectivity index (χ0n) is 18.3. The Labute approximate surface area is 191 Å². The second kappa shape index (κ2) is 10.1. The lowest BCUT2D eigenvalue weighted by atomic mass is 10.0. The summed E-state index contributed by atoms with van der Waals surface area (Å²) in [6, 6.07) is 9.19. The number of carbonyl (C=O) groups is 2. The van der Waals surface area contributed by atoms with Crippen LogP contribution in [0.4, 0.5) is 4.79 Å². The largest absolute Gasteiger partial charge is 0.497 e. The second-order valence-electron chi connectivity index (χ2n) is 7.72. The summed E-state index contributed by atoms with van der Waals surface area (Å²) in [6.07, 6.45) is 0.823. The van der Waals surface area contributed by atoms with Gasteiger partial charge in [0.1, 0.15) is 28.7 Å². The number of rotatable bonds is 8. The first-order valence-corrected chi connectivity index (χ1v) is 11.7. The van der Waals surface area contributed by atoms with Crippen LogP contribution in [0.5, 0.6) is 17.2 Å². The quantitative estimate of drug-likeness (QED) is 0.598. The lowest BCUT2D eigenvalue weighted by Crippen LogP contribution is -2.47. The van der Waals surface area contributed by atoms with Crippen molar-refractivity contribution in [3.8, 4) is 17.2 Å². The monoisotopic (exact) mass is 460 g/mol. The van der Waals surface area contributed by atoms with Crippen LogP contribution in [-0.2, 0) is 4.74 Å². The number of cyclic esters (lactones) is 1. The Morgan fingerprint density at radius 2 is 1.84 bits per heavy atom. The van der Waals surface area contributed by atoms with E-state index in [9.17, 15) is 9.59 Å². The van der Waals surface area contributed by atoms with Crippen molar-refractivity contribution >= 4 is 23.3 Å². The van der Waals surface area contributed by atoms with Crippen LogP contribution < -0.4 is 14.2 Å². The third kappa shape index (κ3) is 4.93. The predicted molar refractivity (Wildman–Crippen MR) is 120 cm³/mol. The third-order valence-electron chi connectivity index (χ3n) is 5.71. The Bertz CT molecular complexity index is 923. The van der Waals surface area contributed by atoms with Crippen LogP contribution in [0.25, 0.3) is 0 Å². The standard InChI is InChI=1S/C23H28N2O6S/c1-3-29-20-10-13-32-21(20)22(26)24-11-8-16(9-12-24)25-14-19(31-23(25)27)15-30-18-6-4-17(28-2)5-7-18/h4-7,10,13,16,19H,3,8-9,11-12,14-15H2,1-2H3. The summed E-state index contributed by atoms with van der Waals surface area (Å²) < 4.78 is 22.0. The maximum absolute atomic E-state index is 12.9. The van der Waals surface area contributed by atoms with Crippen molar-refractivity contribution in [3.63, 3.8) is 0 Å². The third-order valence-corrected chi connectivity index (χ3v) is 6.60. The van der Waals surface area contributed by atoms with E-state index in [1.165, 1.54) is 11.3 Å². The minimum atomic E-state index is -0.316. The van der Waals surface area contributed by atoms with Gasteiger partial charge in [-0.3, -0.25) is 4.79 Å². The number of thiophene rings is 1. The van der Waals surface area contributed by atoms with Gasteiger partial charge in [0, 0.05) is 19.1 Å². The van der Waals surface area contributed by atoms with Crippen LogP contribution in [0.1, 0.15) is 29.4 Å². The molecule has 4 rings (SSSR count). The summed E-state index contributed by atoms with van der Waals surface area (Å²) in [5, 5.41) is 1.87. The van der Waals surface area contributed by atoms with E-state index in [0.29, 0.717) is 49.2 Å². The molecule has 0 bridgehead atoms. The molecule has 0 N–H and O–H groups in total. The van der Waals surface area contributed by atoms with E-state index < -0.39 is 0 Å². The summed E-state index contributed by atoms with van der Waals surface area (Å²) in [5.41, 5.74) is 0. The Hall–Kier alpha value is -2.94. The van der Waals surface area contributed by atoms with Gasteiger partial charge in [0.25, 0.3) is 5.91 Å². The van der Waals surface area contributed by atoms with Gasteiger partial charge in [0.05, 0.1) is 20.3 Å². The average Bonchev–Trinajstić information content (AvgIpc) is 3.44. The summed E-state index contributed by atoms with van der Waals surface area (Å²) in [7, 11) is 1.61. The number of amides is 2. The van der Waals surface area contributed by atoms with Gasteiger partial charge >= 0.3 is 6.09 Å². The highest BCUT2D eigenvalue weighted by molar-refractivity contribution is 7.12. The van der Waals surface area contributed by atoms with Gasteiger partial charge in [0.2, 0.25) is 0 Å². The number of likely N-dealkylation sites (tertiary alicyclic amines) is 1. The fourth-order valence-electron chi connectivity index (χ4n) is 4.03. The van der Waals surface area contributed by atoms with Crippen molar-refractivity contribution in [2.24, 2.45) is 0 Å². The zero-order valence-corrected chi connectivity index (χ0v) is 19.1. The van der Waals surface area contributed by atoms with Crippen molar-refractivity contribution in [1.29, 1.82) is 0 Å². The topological polar surface area (TPSA) is 77.5 Å². The summed E-state index contributed by atoms with van der Waals surface area (Å²) in [4.78, 5) is 29.6. The molecular formula is C23H28N2O6S. The Morgan fingerprint density at radius 1 is 1.12 bits per heavy atom. The number of hydrogen-bond acceptors (Lipinski definition) is 7. The van der Waals surface area contributed by atoms with Crippen molar-refractivity contribution < 1.29 is 28.5 Å². The number of ether oxygens (including phenoxy) is 4. The Kier molecular flexibility index (Phi) is 7.04. The number of piperidine rings is 1. The lowest BCUT2D eigenvalue weighted by Gasteiger charge is -2.35. The summed E-state index contributed by atoms with van der Waals surface area (Å²) in [6.45, 7) is 4.42. The molecule has 2 aliphatic heterocycles. The maximum Gasteiger partial charge on any atom is 0.410 e. The number of methoxy groups -OCH3 is 1. The molecule has 0 radical (unpaired) electrons. The minimum Gasteiger partial charge on any atom is -0.497 e. The van der Waals surface area contributed by atoms with Crippen LogP contribution >= 0.6 is 11.3 Å². The first kappa shape index (κ1) is 22.3. The van der Waals surface area contributed by atoms with Crippen molar-refractivity contribution in [1.82, 2.24) is 9.80 Å². The molecule has 9 heteroatoms. The highest BCUT2D eigenvalue weighted by Crippen LogP contribution is 2.29. The molecule has 1 aromatic heterocycles. The first-order chi connectivity index (χ1) is 15.6. The number of nitrogens with zero attached hydrogens (tertiary/aromatic N) is 2. The molecule has 172 valence electrons. The van der Waals surface area contributed by atoms with Crippen LogP contribution in [-0.4, -0.2) is 73.9 Å². The van der Waals surface area contributed by atoms with E-state index in [-0.39, 0.29) is 24.1 Å². The van der Waals surface area contributed by atoms with E-state index in [1.54, 1.807) is 12.0 Å². The molecular weight excluding hydrogens is 432 g/mol. The van der Waals surface area contributed by atoms with E-state index in [4.69, 9.17) is 18.9 Å².